The second-order valence-corrected chi connectivity index (χ2v) is 8.21. The first-order valence-electron chi connectivity index (χ1n) is 10.9. The van der Waals surface area contributed by atoms with Gasteiger partial charge in [-0.15, -0.1) is 0 Å². The first-order chi connectivity index (χ1) is 16.2. The smallest absolute Gasteiger partial charge is 0.338 e. The Labute approximate surface area is 202 Å². The number of ether oxygens (including phenoxy) is 2. The highest BCUT2D eigenvalue weighted by Gasteiger charge is 2.39. The molecule has 0 bridgehead atoms. The van der Waals surface area contributed by atoms with Gasteiger partial charge in [0.15, 0.2) is 0 Å². The number of hydrogen-bond donors (Lipinski definition) is 1. The van der Waals surface area contributed by atoms with E-state index in [1.807, 2.05) is 6.92 Å². The maximum Gasteiger partial charge on any atom is 0.338 e. The van der Waals surface area contributed by atoms with Crippen LogP contribution < -0.4 is 10.2 Å². The summed E-state index contributed by atoms with van der Waals surface area (Å²) in [5.41, 5.74) is 1.12. The number of imide groups is 1. The minimum absolute atomic E-state index is 0.119. The first-order valence-corrected chi connectivity index (χ1v) is 11.2. The number of halogens is 1. The third-order valence-electron chi connectivity index (χ3n) is 4.83. The number of anilines is 2. The van der Waals surface area contributed by atoms with Gasteiger partial charge in [-0.1, -0.05) is 31.0 Å². The molecule has 0 aromatic heterocycles. The summed E-state index contributed by atoms with van der Waals surface area (Å²) < 4.78 is 10.3. The average molecular weight is 485 g/mol. The zero-order valence-corrected chi connectivity index (χ0v) is 19.8. The predicted molar refractivity (Wildman–Crippen MR) is 128 cm³/mol. The molecule has 0 fully saturated rings. The molecular weight excluding hydrogens is 460 g/mol. The standard InChI is InChI=1S/C25H25ClN2O6/c1-4-5-13-33-24(31)17-7-6-8-18(14-17)27-21-20(26)22(29)28(23(21)30)19-11-9-16(10-12-19)25(32)34-15(2)3/h6-12,14-15,27H,4-5,13H2,1-3H3. The largest absolute Gasteiger partial charge is 0.462 e. The van der Waals surface area contributed by atoms with Crippen LogP contribution in [0, 0.1) is 0 Å². The molecule has 34 heavy (non-hydrogen) atoms. The Morgan fingerprint density at radius 1 is 1.00 bits per heavy atom. The zero-order chi connectivity index (χ0) is 24.8. The van der Waals surface area contributed by atoms with Crippen LogP contribution in [0.1, 0.15) is 54.3 Å². The van der Waals surface area contributed by atoms with Crippen LogP contribution in [-0.4, -0.2) is 36.5 Å². The Balaban J connectivity index is 1.75. The summed E-state index contributed by atoms with van der Waals surface area (Å²) in [5.74, 6) is -2.36. The van der Waals surface area contributed by atoms with Gasteiger partial charge in [-0.05, 0) is 62.7 Å². The van der Waals surface area contributed by atoms with Crippen molar-refractivity contribution < 1.29 is 28.7 Å². The molecule has 0 atom stereocenters. The number of rotatable bonds is 9. The quantitative estimate of drug-likeness (QED) is 0.314. The first kappa shape index (κ1) is 25.0. The number of hydrogen-bond acceptors (Lipinski definition) is 7. The third kappa shape index (κ3) is 5.63. The monoisotopic (exact) mass is 484 g/mol. The van der Waals surface area contributed by atoms with E-state index >= 15 is 0 Å². The number of carbonyl (C=O) groups is 4. The number of amides is 2. The zero-order valence-electron chi connectivity index (χ0n) is 19.1. The van der Waals surface area contributed by atoms with Crippen LogP contribution in [0.3, 0.4) is 0 Å². The van der Waals surface area contributed by atoms with Gasteiger partial charge in [0.25, 0.3) is 11.8 Å². The lowest BCUT2D eigenvalue weighted by Crippen LogP contribution is -2.32. The van der Waals surface area contributed by atoms with Crippen molar-refractivity contribution >= 4 is 46.7 Å². The second-order valence-electron chi connectivity index (χ2n) is 7.83. The highest BCUT2D eigenvalue weighted by molar-refractivity contribution is 6.53. The Hall–Kier alpha value is -3.65. The lowest BCUT2D eigenvalue weighted by Gasteiger charge is -2.16. The minimum Gasteiger partial charge on any atom is -0.462 e. The Morgan fingerprint density at radius 3 is 2.35 bits per heavy atom. The van der Waals surface area contributed by atoms with Crippen LogP contribution in [0.2, 0.25) is 0 Å². The summed E-state index contributed by atoms with van der Waals surface area (Å²) >= 11 is 6.18. The van der Waals surface area contributed by atoms with Gasteiger partial charge in [0.1, 0.15) is 10.7 Å². The van der Waals surface area contributed by atoms with Crippen molar-refractivity contribution in [1.29, 1.82) is 0 Å². The molecule has 0 unspecified atom stereocenters. The maximum atomic E-state index is 13.0. The molecule has 0 aliphatic carbocycles. The van der Waals surface area contributed by atoms with Gasteiger partial charge < -0.3 is 14.8 Å². The summed E-state index contributed by atoms with van der Waals surface area (Å²) in [5, 5.41) is 2.55. The second kappa shape index (κ2) is 11.0. The summed E-state index contributed by atoms with van der Waals surface area (Å²) in [6.45, 7) is 5.79. The van der Waals surface area contributed by atoms with E-state index in [1.54, 1.807) is 32.0 Å². The van der Waals surface area contributed by atoms with Crippen molar-refractivity contribution in [3.8, 4) is 0 Å². The van der Waals surface area contributed by atoms with Gasteiger partial charge in [-0.25, -0.2) is 14.5 Å². The molecule has 8 nitrogen and oxygen atoms in total. The fourth-order valence-electron chi connectivity index (χ4n) is 3.14. The fourth-order valence-corrected chi connectivity index (χ4v) is 3.35. The van der Waals surface area contributed by atoms with Crippen LogP contribution in [-0.2, 0) is 19.1 Å². The lowest BCUT2D eigenvalue weighted by atomic mass is 10.2. The normalized spacial score (nSPS) is 13.5. The Kier molecular flexibility index (Phi) is 8.07. The Morgan fingerprint density at radius 2 is 1.71 bits per heavy atom. The number of nitrogens with one attached hydrogen (secondary N) is 1. The van der Waals surface area contributed by atoms with E-state index in [4.69, 9.17) is 21.1 Å². The van der Waals surface area contributed by atoms with E-state index in [-0.39, 0.29) is 28.1 Å². The summed E-state index contributed by atoms with van der Waals surface area (Å²) in [6.07, 6.45) is 1.39. The van der Waals surface area contributed by atoms with E-state index in [0.717, 1.165) is 17.7 Å². The molecule has 0 spiro atoms. The highest BCUT2D eigenvalue weighted by Crippen LogP contribution is 2.30. The van der Waals surface area contributed by atoms with Crippen LogP contribution in [0.25, 0.3) is 0 Å². The van der Waals surface area contributed by atoms with Crippen molar-refractivity contribution in [2.75, 3.05) is 16.8 Å². The van der Waals surface area contributed by atoms with Crippen LogP contribution >= 0.6 is 11.6 Å². The maximum absolute atomic E-state index is 13.0. The molecule has 2 aromatic rings. The number of carbonyl (C=O) groups excluding carboxylic acids is 4. The van der Waals surface area contributed by atoms with E-state index in [2.05, 4.69) is 5.32 Å². The molecule has 1 aliphatic rings. The third-order valence-corrected chi connectivity index (χ3v) is 5.18. The summed E-state index contributed by atoms with van der Waals surface area (Å²) in [6, 6.07) is 12.2. The number of benzene rings is 2. The van der Waals surface area contributed by atoms with E-state index in [0.29, 0.717) is 17.9 Å². The van der Waals surface area contributed by atoms with E-state index in [9.17, 15) is 19.2 Å². The van der Waals surface area contributed by atoms with Gasteiger partial charge >= 0.3 is 11.9 Å². The van der Waals surface area contributed by atoms with Gasteiger partial charge in [-0.3, -0.25) is 9.59 Å². The topological polar surface area (TPSA) is 102 Å². The van der Waals surface area contributed by atoms with Crippen LogP contribution in [0.5, 0.6) is 0 Å². The summed E-state index contributed by atoms with van der Waals surface area (Å²) in [4.78, 5) is 50.9. The molecule has 1 aliphatic heterocycles. The van der Waals surface area contributed by atoms with E-state index < -0.39 is 23.8 Å². The molecule has 2 aromatic carbocycles. The van der Waals surface area contributed by atoms with Gasteiger partial charge in [-0.2, -0.15) is 0 Å². The van der Waals surface area contributed by atoms with Crippen LogP contribution in [0.15, 0.2) is 59.3 Å². The fraction of sp³-hybridized carbons (Fsp3) is 0.280. The Bertz CT molecular complexity index is 1140. The van der Waals surface area contributed by atoms with Gasteiger partial charge in [0.05, 0.1) is 29.5 Å². The van der Waals surface area contributed by atoms with Crippen molar-refractivity contribution in [3.63, 3.8) is 0 Å². The SMILES string of the molecule is CCCCOC(=O)c1cccc(NC2=C(Cl)C(=O)N(c3ccc(C(=O)OC(C)C)cc3)C2=O)c1. The number of nitrogens with zero attached hydrogens (tertiary/aromatic N) is 1. The highest BCUT2D eigenvalue weighted by atomic mass is 35.5. The van der Waals surface area contributed by atoms with E-state index in [1.165, 1.54) is 30.3 Å². The van der Waals surface area contributed by atoms with Crippen molar-refractivity contribution in [1.82, 2.24) is 0 Å². The van der Waals surface area contributed by atoms with Crippen LogP contribution in [0.4, 0.5) is 11.4 Å². The van der Waals surface area contributed by atoms with Gasteiger partial charge in [0, 0.05) is 5.69 Å². The van der Waals surface area contributed by atoms with Crippen molar-refractivity contribution in [2.24, 2.45) is 0 Å². The molecule has 1 heterocycles. The molecule has 9 heteroatoms. The lowest BCUT2D eigenvalue weighted by molar-refractivity contribution is -0.120. The molecule has 0 saturated heterocycles. The molecule has 0 radical (unpaired) electrons. The number of esters is 2. The molecule has 178 valence electrons. The summed E-state index contributed by atoms with van der Waals surface area (Å²) in [7, 11) is 0. The molecule has 3 rings (SSSR count). The molecule has 1 N–H and O–H groups in total. The average Bonchev–Trinajstić information content (AvgIpc) is 3.02. The van der Waals surface area contributed by atoms with Crippen molar-refractivity contribution in [3.05, 3.63) is 70.4 Å². The predicted octanol–water partition coefficient (Wildman–Crippen LogP) is 4.64. The molecular formula is C25H25ClN2O6. The number of unbranched alkanes of at least 4 members (excludes halogenated alkanes) is 1. The minimum atomic E-state index is -0.707. The van der Waals surface area contributed by atoms with Crippen molar-refractivity contribution in [2.45, 2.75) is 39.7 Å². The molecule has 2 amide bonds. The molecule has 0 saturated carbocycles. The van der Waals surface area contributed by atoms with Gasteiger partial charge in [0.2, 0.25) is 0 Å².